The Balaban J connectivity index is 1.47. The SMILES string of the molecule is CCN(C(=O)C(=O)N(CC)C1CCc2ncsc2C1)C1CCc2ncsc2C1. The van der Waals surface area contributed by atoms with Crippen molar-refractivity contribution in [2.45, 2.75) is 64.5 Å². The van der Waals surface area contributed by atoms with Crippen LogP contribution in [-0.2, 0) is 35.3 Å². The average Bonchev–Trinajstić information content (AvgIpc) is 3.37. The van der Waals surface area contributed by atoms with Crippen molar-refractivity contribution in [2.75, 3.05) is 13.1 Å². The van der Waals surface area contributed by atoms with E-state index in [0.29, 0.717) is 13.1 Å². The maximum absolute atomic E-state index is 13.2. The Morgan fingerprint density at radius 3 is 1.71 bits per heavy atom. The van der Waals surface area contributed by atoms with Crippen molar-refractivity contribution in [3.05, 3.63) is 32.2 Å². The van der Waals surface area contributed by atoms with E-state index < -0.39 is 0 Å². The van der Waals surface area contributed by atoms with Gasteiger partial charge in [-0.1, -0.05) is 0 Å². The van der Waals surface area contributed by atoms with Crippen LogP contribution in [0.15, 0.2) is 11.0 Å². The van der Waals surface area contributed by atoms with E-state index in [9.17, 15) is 9.59 Å². The third-order valence-electron chi connectivity index (χ3n) is 5.99. The van der Waals surface area contributed by atoms with E-state index in [1.807, 2.05) is 24.9 Å². The van der Waals surface area contributed by atoms with Crippen LogP contribution in [0.25, 0.3) is 0 Å². The smallest absolute Gasteiger partial charge is 0.312 e. The quantitative estimate of drug-likeness (QED) is 0.716. The molecular weight excluding hydrogens is 392 g/mol. The molecule has 0 fully saturated rings. The molecule has 0 saturated heterocycles. The fourth-order valence-electron chi connectivity index (χ4n) is 4.48. The summed E-state index contributed by atoms with van der Waals surface area (Å²) >= 11 is 3.31. The molecular formula is C20H26N4O2S2. The number of hydrogen-bond donors (Lipinski definition) is 0. The van der Waals surface area contributed by atoms with E-state index in [1.165, 1.54) is 9.75 Å². The predicted octanol–water partition coefficient (Wildman–Crippen LogP) is 2.71. The monoisotopic (exact) mass is 418 g/mol. The van der Waals surface area contributed by atoms with Gasteiger partial charge < -0.3 is 9.80 Å². The molecule has 0 aliphatic heterocycles. The zero-order chi connectivity index (χ0) is 19.7. The summed E-state index contributed by atoms with van der Waals surface area (Å²) in [5.74, 6) is -0.699. The lowest BCUT2D eigenvalue weighted by Gasteiger charge is -2.37. The van der Waals surface area contributed by atoms with E-state index in [-0.39, 0.29) is 23.9 Å². The Kier molecular flexibility index (Phi) is 5.78. The van der Waals surface area contributed by atoms with E-state index >= 15 is 0 Å². The molecule has 2 unspecified atom stereocenters. The fraction of sp³-hybridized carbons (Fsp3) is 0.600. The molecule has 4 rings (SSSR count). The number of amides is 2. The average molecular weight is 419 g/mol. The van der Waals surface area contributed by atoms with Crippen molar-refractivity contribution in [1.82, 2.24) is 19.8 Å². The van der Waals surface area contributed by atoms with Crippen molar-refractivity contribution in [1.29, 1.82) is 0 Å². The molecule has 0 bridgehead atoms. The first-order valence-corrected chi connectivity index (χ1v) is 11.8. The molecule has 2 aliphatic rings. The molecule has 0 saturated carbocycles. The third-order valence-corrected chi connectivity index (χ3v) is 7.78. The molecule has 2 amide bonds. The van der Waals surface area contributed by atoms with E-state index in [2.05, 4.69) is 9.97 Å². The van der Waals surface area contributed by atoms with Gasteiger partial charge in [-0.15, -0.1) is 22.7 Å². The lowest BCUT2D eigenvalue weighted by atomic mass is 9.95. The second kappa shape index (κ2) is 8.29. The zero-order valence-corrected chi connectivity index (χ0v) is 18.0. The molecule has 0 N–H and O–H groups in total. The standard InChI is InChI=1S/C20H26N4O2S2/c1-3-23(13-5-7-15-17(9-13)27-11-21-15)19(25)20(26)24(4-2)14-6-8-16-18(10-14)28-12-22-16/h11-14H,3-10H2,1-2H3. The number of aromatic nitrogens is 2. The van der Waals surface area contributed by atoms with Gasteiger partial charge in [-0.25, -0.2) is 9.97 Å². The Morgan fingerprint density at radius 2 is 1.32 bits per heavy atom. The molecule has 150 valence electrons. The Bertz CT molecular complexity index is 792. The zero-order valence-electron chi connectivity index (χ0n) is 16.4. The van der Waals surface area contributed by atoms with Crippen molar-refractivity contribution in [3.63, 3.8) is 0 Å². The molecule has 0 spiro atoms. The number of carbonyl (C=O) groups is 2. The maximum Gasteiger partial charge on any atom is 0.312 e. The van der Waals surface area contributed by atoms with Crippen LogP contribution in [0.4, 0.5) is 0 Å². The summed E-state index contributed by atoms with van der Waals surface area (Å²) in [5.41, 5.74) is 6.08. The first-order chi connectivity index (χ1) is 13.6. The Hall–Kier alpha value is -1.80. The van der Waals surface area contributed by atoms with Gasteiger partial charge in [0.15, 0.2) is 0 Å². The molecule has 28 heavy (non-hydrogen) atoms. The van der Waals surface area contributed by atoms with Crippen LogP contribution in [0.5, 0.6) is 0 Å². The second-order valence-electron chi connectivity index (χ2n) is 7.42. The Labute approximate surface area is 173 Å². The first kappa shape index (κ1) is 19.5. The topological polar surface area (TPSA) is 66.4 Å². The summed E-state index contributed by atoms with van der Waals surface area (Å²) in [6.45, 7) is 5.05. The highest BCUT2D eigenvalue weighted by molar-refractivity contribution is 7.10. The number of carbonyl (C=O) groups excluding carboxylic acids is 2. The second-order valence-corrected chi connectivity index (χ2v) is 9.30. The number of nitrogens with zero attached hydrogens (tertiary/aromatic N) is 4. The highest BCUT2D eigenvalue weighted by atomic mass is 32.1. The van der Waals surface area contributed by atoms with Gasteiger partial charge in [0.05, 0.1) is 22.4 Å². The molecule has 0 radical (unpaired) electrons. The van der Waals surface area contributed by atoms with Gasteiger partial charge in [-0.05, 0) is 39.5 Å². The number of thiazole rings is 2. The van der Waals surface area contributed by atoms with Crippen LogP contribution < -0.4 is 0 Å². The van der Waals surface area contributed by atoms with Crippen LogP contribution in [0.3, 0.4) is 0 Å². The van der Waals surface area contributed by atoms with E-state index in [1.54, 1.807) is 32.5 Å². The molecule has 2 aliphatic carbocycles. The van der Waals surface area contributed by atoms with E-state index in [4.69, 9.17) is 0 Å². The van der Waals surface area contributed by atoms with E-state index in [0.717, 1.165) is 49.9 Å². The van der Waals surface area contributed by atoms with Crippen LogP contribution >= 0.6 is 22.7 Å². The molecule has 8 heteroatoms. The largest absolute Gasteiger partial charge is 0.331 e. The molecule has 2 heterocycles. The summed E-state index contributed by atoms with van der Waals surface area (Å²) in [5, 5.41) is 0. The summed E-state index contributed by atoms with van der Waals surface area (Å²) in [4.78, 5) is 41.3. The van der Waals surface area contributed by atoms with Gasteiger partial charge in [0, 0.05) is 47.8 Å². The summed E-state index contributed by atoms with van der Waals surface area (Å²) in [6.07, 6.45) is 5.15. The van der Waals surface area contributed by atoms with Gasteiger partial charge in [-0.3, -0.25) is 9.59 Å². The highest BCUT2D eigenvalue weighted by Crippen LogP contribution is 2.29. The lowest BCUT2D eigenvalue weighted by Crippen LogP contribution is -2.53. The molecule has 0 aromatic carbocycles. The molecule has 2 atom stereocenters. The van der Waals surface area contributed by atoms with Gasteiger partial charge in [0.1, 0.15) is 0 Å². The van der Waals surface area contributed by atoms with Gasteiger partial charge in [-0.2, -0.15) is 0 Å². The minimum Gasteiger partial charge on any atom is -0.331 e. The summed E-state index contributed by atoms with van der Waals surface area (Å²) < 4.78 is 0. The normalized spacial score (nSPS) is 20.9. The number of likely N-dealkylation sites (N-methyl/N-ethyl adjacent to an activating group) is 2. The van der Waals surface area contributed by atoms with Gasteiger partial charge in [0.25, 0.3) is 0 Å². The van der Waals surface area contributed by atoms with Crippen LogP contribution in [-0.4, -0.2) is 56.8 Å². The Morgan fingerprint density at radius 1 is 0.893 bits per heavy atom. The number of hydrogen-bond acceptors (Lipinski definition) is 6. The minimum absolute atomic E-state index is 0.0903. The highest BCUT2D eigenvalue weighted by Gasteiger charge is 2.36. The van der Waals surface area contributed by atoms with Crippen molar-refractivity contribution in [2.24, 2.45) is 0 Å². The minimum atomic E-state index is -0.350. The van der Waals surface area contributed by atoms with Crippen molar-refractivity contribution >= 4 is 34.5 Å². The van der Waals surface area contributed by atoms with Crippen LogP contribution in [0.2, 0.25) is 0 Å². The molecule has 6 nitrogen and oxygen atoms in total. The fourth-order valence-corrected chi connectivity index (χ4v) is 6.25. The van der Waals surface area contributed by atoms with Crippen LogP contribution in [0.1, 0.15) is 47.8 Å². The maximum atomic E-state index is 13.2. The summed E-state index contributed by atoms with van der Waals surface area (Å²) in [7, 11) is 0. The summed E-state index contributed by atoms with van der Waals surface area (Å²) in [6, 6.07) is 0.181. The lowest BCUT2D eigenvalue weighted by molar-refractivity contribution is -0.154. The molecule has 2 aromatic heterocycles. The first-order valence-electron chi connectivity index (χ1n) is 10.1. The van der Waals surface area contributed by atoms with Crippen molar-refractivity contribution in [3.8, 4) is 0 Å². The molecule has 2 aromatic rings. The predicted molar refractivity (Wildman–Crippen MR) is 111 cm³/mol. The van der Waals surface area contributed by atoms with Gasteiger partial charge >= 0.3 is 11.8 Å². The van der Waals surface area contributed by atoms with Crippen LogP contribution in [0, 0.1) is 0 Å². The van der Waals surface area contributed by atoms with Gasteiger partial charge in [0.2, 0.25) is 0 Å². The number of fused-ring (bicyclic) bond motifs is 2. The third kappa shape index (κ3) is 3.59. The van der Waals surface area contributed by atoms with Crippen molar-refractivity contribution < 1.29 is 9.59 Å². The number of rotatable bonds is 4. The number of aryl methyl sites for hydroxylation is 2.